The van der Waals surface area contributed by atoms with Crippen LogP contribution in [0.1, 0.15) is 62.9 Å². The summed E-state index contributed by atoms with van der Waals surface area (Å²) >= 11 is 0. The molecule has 1 saturated heterocycles. The molecular weight excluding hydrogens is 450 g/mol. The van der Waals surface area contributed by atoms with Gasteiger partial charge in [-0.25, -0.2) is 9.18 Å². The van der Waals surface area contributed by atoms with Crippen LogP contribution >= 0.6 is 0 Å². The van der Waals surface area contributed by atoms with E-state index in [0.717, 1.165) is 30.7 Å². The number of pyridine rings is 1. The van der Waals surface area contributed by atoms with Gasteiger partial charge in [0.25, 0.3) is 0 Å². The van der Waals surface area contributed by atoms with Crippen molar-refractivity contribution in [1.29, 1.82) is 0 Å². The van der Waals surface area contributed by atoms with Gasteiger partial charge < -0.3 is 9.64 Å². The van der Waals surface area contributed by atoms with Crippen molar-refractivity contribution in [3.63, 3.8) is 0 Å². The van der Waals surface area contributed by atoms with Crippen molar-refractivity contribution in [3.8, 4) is 0 Å². The van der Waals surface area contributed by atoms with Crippen LogP contribution in [-0.2, 0) is 10.9 Å². The number of ether oxygens (including phenoxy) is 1. The van der Waals surface area contributed by atoms with Crippen LogP contribution in [0.25, 0.3) is 0 Å². The van der Waals surface area contributed by atoms with Crippen LogP contribution in [0.5, 0.6) is 0 Å². The van der Waals surface area contributed by atoms with Gasteiger partial charge >= 0.3 is 12.3 Å². The van der Waals surface area contributed by atoms with Crippen LogP contribution in [0, 0.1) is 5.82 Å². The Balaban J connectivity index is 1.92. The zero-order valence-corrected chi connectivity index (χ0v) is 19.7. The molecule has 0 spiro atoms. The number of halogens is 4. The number of alkyl halides is 3. The maximum atomic E-state index is 13.6. The number of carbonyl (C=O) groups excluding carboxylic acids is 1. The van der Waals surface area contributed by atoms with E-state index >= 15 is 0 Å². The first-order chi connectivity index (χ1) is 16.2. The Bertz CT molecular complexity index is 935. The number of carbonyl (C=O) groups is 1. The summed E-state index contributed by atoms with van der Waals surface area (Å²) in [6.45, 7) is 7.19. The van der Waals surface area contributed by atoms with Gasteiger partial charge in [-0.05, 0) is 49.6 Å². The third kappa shape index (κ3) is 6.05. The summed E-state index contributed by atoms with van der Waals surface area (Å²) in [5.41, 5.74) is 0.330. The topological polar surface area (TPSA) is 45.7 Å². The number of unbranched alkanes of at least 4 members (excludes halogenated alkanes) is 1. The first-order valence-electron chi connectivity index (χ1n) is 11.6. The SMILES string of the molecule is CCCCOC(=O)N1C[C@@H](CC)N(C(c2ccc(F)cc2)c2ccc(C(F)(F)F)cn2)C[C@@H]1C. The Labute approximate surface area is 197 Å². The minimum atomic E-state index is -4.48. The van der Waals surface area contributed by atoms with Gasteiger partial charge in [-0.1, -0.05) is 32.4 Å². The average Bonchev–Trinajstić information content (AvgIpc) is 2.80. The first kappa shape index (κ1) is 25.9. The van der Waals surface area contributed by atoms with Gasteiger partial charge in [0.15, 0.2) is 0 Å². The van der Waals surface area contributed by atoms with Crippen molar-refractivity contribution in [2.45, 2.75) is 64.3 Å². The van der Waals surface area contributed by atoms with Gasteiger partial charge in [0.2, 0.25) is 0 Å². The molecule has 0 radical (unpaired) electrons. The fraction of sp³-hybridized carbons (Fsp3) is 0.520. The molecule has 3 atom stereocenters. The Kier molecular flexibility index (Phi) is 8.52. The van der Waals surface area contributed by atoms with Crippen molar-refractivity contribution in [3.05, 3.63) is 65.2 Å². The molecule has 1 aliphatic heterocycles. The Morgan fingerprint density at radius 1 is 1.15 bits per heavy atom. The number of hydrogen-bond acceptors (Lipinski definition) is 4. The molecule has 34 heavy (non-hydrogen) atoms. The quantitative estimate of drug-likeness (QED) is 0.357. The van der Waals surface area contributed by atoms with Crippen molar-refractivity contribution in [2.75, 3.05) is 19.7 Å². The molecule has 3 rings (SSSR count). The van der Waals surface area contributed by atoms with E-state index in [-0.39, 0.29) is 18.2 Å². The van der Waals surface area contributed by atoms with Crippen molar-refractivity contribution < 1.29 is 27.1 Å². The summed E-state index contributed by atoms with van der Waals surface area (Å²) in [5.74, 6) is -0.400. The minimum absolute atomic E-state index is 0.0888. The van der Waals surface area contributed by atoms with Gasteiger partial charge in [-0.3, -0.25) is 9.88 Å². The standard InChI is InChI=1S/C25H31F4N3O2/c1-4-6-13-34-24(33)31-16-21(5-2)32(15-17(31)3)23(18-7-10-20(26)11-8-18)22-12-9-19(14-30-22)25(27,28)29/h7-12,14,17,21,23H,4-6,13,15-16H2,1-3H3/t17-,21+,23?/m0/s1. The summed E-state index contributed by atoms with van der Waals surface area (Å²) < 4.78 is 58.4. The molecule has 1 aliphatic rings. The smallest absolute Gasteiger partial charge is 0.417 e. The highest BCUT2D eigenvalue weighted by molar-refractivity contribution is 5.68. The number of piperazine rings is 1. The Morgan fingerprint density at radius 2 is 1.85 bits per heavy atom. The van der Waals surface area contributed by atoms with E-state index in [9.17, 15) is 22.4 Å². The van der Waals surface area contributed by atoms with Gasteiger partial charge in [0.05, 0.1) is 23.9 Å². The summed E-state index contributed by atoms with van der Waals surface area (Å²) in [5, 5.41) is 0. The van der Waals surface area contributed by atoms with Gasteiger partial charge in [0.1, 0.15) is 5.82 Å². The molecule has 0 N–H and O–H groups in total. The average molecular weight is 482 g/mol. The van der Waals surface area contributed by atoms with E-state index in [4.69, 9.17) is 4.74 Å². The first-order valence-corrected chi connectivity index (χ1v) is 11.6. The zero-order chi connectivity index (χ0) is 24.9. The van der Waals surface area contributed by atoms with Gasteiger partial charge in [0, 0.05) is 31.4 Å². The molecule has 186 valence electrons. The van der Waals surface area contributed by atoms with Gasteiger partial charge in [-0.2, -0.15) is 13.2 Å². The molecule has 0 aliphatic carbocycles. The summed E-state index contributed by atoms with van der Waals surface area (Å²) in [4.78, 5) is 20.7. The highest BCUT2D eigenvalue weighted by Gasteiger charge is 2.39. The lowest BCUT2D eigenvalue weighted by atomic mass is 9.95. The largest absolute Gasteiger partial charge is 0.449 e. The van der Waals surface area contributed by atoms with Crippen molar-refractivity contribution in [1.82, 2.24) is 14.8 Å². The van der Waals surface area contributed by atoms with Gasteiger partial charge in [-0.15, -0.1) is 0 Å². The van der Waals surface area contributed by atoms with E-state index in [1.165, 1.54) is 18.2 Å². The Morgan fingerprint density at radius 3 is 2.41 bits per heavy atom. The normalized spacial score (nSPS) is 20.3. The highest BCUT2D eigenvalue weighted by Crippen LogP contribution is 2.35. The van der Waals surface area contributed by atoms with E-state index in [1.54, 1.807) is 17.0 Å². The molecule has 1 amide bonds. The number of aromatic nitrogens is 1. The van der Waals surface area contributed by atoms with E-state index in [1.807, 2.05) is 20.8 Å². The molecule has 2 heterocycles. The van der Waals surface area contributed by atoms with Crippen LogP contribution in [0.4, 0.5) is 22.4 Å². The van der Waals surface area contributed by atoms with E-state index < -0.39 is 23.6 Å². The number of benzene rings is 1. The molecule has 0 saturated carbocycles. The summed E-state index contributed by atoms with van der Waals surface area (Å²) in [6, 6.07) is 7.54. The van der Waals surface area contributed by atoms with E-state index in [0.29, 0.717) is 31.8 Å². The van der Waals surface area contributed by atoms with Crippen LogP contribution < -0.4 is 0 Å². The lowest BCUT2D eigenvalue weighted by molar-refractivity contribution is -0.137. The Hall–Kier alpha value is -2.68. The predicted molar refractivity (Wildman–Crippen MR) is 121 cm³/mol. The second-order valence-corrected chi connectivity index (χ2v) is 8.65. The fourth-order valence-electron chi connectivity index (χ4n) is 4.30. The molecule has 1 aromatic heterocycles. The fourth-order valence-corrected chi connectivity index (χ4v) is 4.30. The third-order valence-corrected chi connectivity index (χ3v) is 6.22. The number of nitrogens with zero attached hydrogens (tertiary/aromatic N) is 3. The zero-order valence-electron chi connectivity index (χ0n) is 19.7. The molecule has 9 heteroatoms. The monoisotopic (exact) mass is 481 g/mol. The lowest BCUT2D eigenvalue weighted by Crippen LogP contribution is -2.59. The van der Waals surface area contributed by atoms with Crippen molar-refractivity contribution in [2.24, 2.45) is 0 Å². The minimum Gasteiger partial charge on any atom is -0.449 e. The maximum Gasteiger partial charge on any atom is 0.417 e. The van der Waals surface area contributed by atoms with E-state index in [2.05, 4.69) is 9.88 Å². The maximum absolute atomic E-state index is 13.6. The van der Waals surface area contributed by atoms with Crippen LogP contribution in [-0.4, -0.2) is 52.7 Å². The van der Waals surface area contributed by atoms with Crippen LogP contribution in [0.2, 0.25) is 0 Å². The van der Waals surface area contributed by atoms with Crippen LogP contribution in [0.3, 0.4) is 0 Å². The molecule has 0 bridgehead atoms. The predicted octanol–water partition coefficient (Wildman–Crippen LogP) is 6.05. The second-order valence-electron chi connectivity index (χ2n) is 8.65. The number of hydrogen-bond donors (Lipinski definition) is 0. The molecular formula is C25H31F4N3O2. The number of amides is 1. The molecule has 2 aromatic rings. The molecule has 5 nitrogen and oxygen atoms in total. The third-order valence-electron chi connectivity index (χ3n) is 6.22. The highest BCUT2D eigenvalue weighted by atomic mass is 19.4. The van der Waals surface area contributed by atoms with Crippen LogP contribution in [0.15, 0.2) is 42.6 Å². The second kappa shape index (κ2) is 11.2. The lowest BCUT2D eigenvalue weighted by Gasteiger charge is -2.47. The summed E-state index contributed by atoms with van der Waals surface area (Å²) in [6.07, 6.45) is -1.59. The summed E-state index contributed by atoms with van der Waals surface area (Å²) in [7, 11) is 0. The molecule has 1 unspecified atom stereocenters. The molecule has 1 fully saturated rings. The number of rotatable bonds is 7. The molecule has 1 aromatic carbocycles. The van der Waals surface area contributed by atoms with Crippen molar-refractivity contribution >= 4 is 6.09 Å².